The second kappa shape index (κ2) is 29.8. The lowest BCUT2D eigenvalue weighted by atomic mass is 9.50. The van der Waals surface area contributed by atoms with Gasteiger partial charge in [-0.3, -0.25) is 9.11 Å². The Morgan fingerprint density at radius 2 is 0.721 bits per heavy atom. The van der Waals surface area contributed by atoms with Gasteiger partial charge >= 0.3 is 25.6 Å². The summed E-state index contributed by atoms with van der Waals surface area (Å²) < 4.78 is 105. The first-order chi connectivity index (χ1) is 50.6. The van der Waals surface area contributed by atoms with E-state index in [0.29, 0.717) is 77.7 Å². The SMILES string of the molecule is N#C/C(c1nc2ccccc2o1)=c1\c2c(-c3ccc(OC(=O)c4ccc(OCCCS(=O)(=O)O)cc4)cc3)n(B(c3ccccc3)c3ccccc3)/c(=C(/C#N)c3nc4ccccc4o3)c2c(-c2ccc(OC(=O)c3ccc(OCCCS(=O)(=O)O)cc3)cc2)n1B(c1ccccc1)c1ccccc1. The third kappa shape index (κ3) is 14.7. The average molecular weight is 1410 g/mol. The number of ether oxygens (including phenoxy) is 4. The van der Waals surface area contributed by atoms with Gasteiger partial charge in [-0.05, 0) is 145 Å². The van der Waals surface area contributed by atoms with Gasteiger partial charge in [0, 0.05) is 22.2 Å². The van der Waals surface area contributed by atoms with E-state index in [1.54, 1.807) is 97.1 Å². The highest BCUT2D eigenvalue weighted by Gasteiger charge is 2.38. The maximum absolute atomic E-state index is 14.1. The van der Waals surface area contributed by atoms with Crippen molar-refractivity contribution in [3.63, 3.8) is 0 Å². The van der Waals surface area contributed by atoms with Crippen LogP contribution in [-0.4, -0.2) is 95.2 Å². The Balaban J connectivity index is 1.08. The number of hydrogen-bond acceptors (Lipinski definition) is 16. The fourth-order valence-corrected chi connectivity index (χ4v) is 13.8. The van der Waals surface area contributed by atoms with E-state index in [9.17, 15) is 46.1 Å². The molecule has 0 aliphatic rings. The van der Waals surface area contributed by atoms with Crippen molar-refractivity contribution < 1.29 is 63.3 Å². The first-order valence-corrected chi connectivity index (χ1v) is 36.1. The van der Waals surface area contributed by atoms with Crippen LogP contribution in [0.25, 0.3) is 66.6 Å². The first kappa shape index (κ1) is 68.3. The maximum atomic E-state index is 14.1. The summed E-state index contributed by atoms with van der Waals surface area (Å²) in [6.07, 6.45) is 0.0828. The molecule has 4 aromatic heterocycles. The van der Waals surface area contributed by atoms with Gasteiger partial charge in [-0.1, -0.05) is 167 Å². The number of aromatic nitrogens is 4. The molecule has 2 N–H and O–H groups in total. The van der Waals surface area contributed by atoms with Gasteiger partial charge in [0.15, 0.2) is 11.2 Å². The molecule has 24 heteroatoms. The highest BCUT2D eigenvalue weighted by Crippen LogP contribution is 2.38. The van der Waals surface area contributed by atoms with Crippen LogP contribution in [0.3, 0.4) is 0 Å². The lowest BCUT2D eigenvalue weighted by molar-refractivity contribution is 0.0725. The minimum absolute atomic E-state index is 0.00359. The predicted molar refractivity (Wildman–Crippen MR) is 397 cm³/mol. The number of nitrogens with zero attached hydrogens (tertiary/aromatic N) is 6. The molecule has 0 atom stereocenters. The smallest absolute Gasteiger partial charge is 0.343 e. The highest BCUT2D eigenvalue weighted by atomic mass is 32.2. The second-order valence-electron chi connectivity index (χ2n) is 24.1. The molecule has 4 heterocycles. The van der Waals surface area contributed by atoms with E-state index in [-0.39, 0.29) is 71.6 Å². The van der Waals surface area contributed by atoms with Crippen molar-refractivity contribution in [1.29, 1.82) is 10.5 Å². The molecule has 0 saturated heterocycles. The number of carbonyl (C=O) groups excluding carboxylic acids is 2. The van der Waals surface area contributed by atoms with Gasteiger partial charge < -0.3 is 36.7 Å². The molecular formula is C80H58B2N6O14S2. The minimum Gasteiger partial charge on any atom is -0.494 e. The Morgan fingerprint density at radius 1 is 0.413 bits per heavy atom. The molecule has 0 saturated carbocycles. The Kier molecular flexibility index (Phi) is 19.6. The van der Waals surface area contributed by atoms with E-state index in [0.717, 1.165) is 21.9 Å². The zero-order valence-electron chi connectivity index (χ0n) is 55.1. The number of benzene rings is 10. The largest absolute Gasteiger partial charge is 0.494 e. The van der Waals surface area contributed by atoms with E-state index in [2.05, 4.69) is 21.1 Å². The van der Waals surface area contributed by atoms with Gasteiger partial charge in [-0.25, -0.2) is 19.6 Å². The molecule has 510 valence electrons. The van der Waals surface area contributed by atoms with Crippen LogP contribution in [0.4, 0.5) is 0 Å². The van der Waals surface area contributed by atoms with Crippen LogP contribution in [0.1, 0.15) is 45.3 Å². The molecule has 0 radical (unpaired) electrons. The van der Waals surface area contributed by atoms with E-state index >= 15 is 0 Å². The fourth-order valence-electron chi connectivity index (χ4n) is 12.8. The van der Waals surface area contributed by atoms with Gasteiger partial charge in [0.1, 0.15) is 57.3 Å². The zero-order chi connectivity index (χ0) is 71.9. The van der Waals surface area contributed by atoms with Gasteiger partial charge in [-0.2, -0.15) is 27.4 Å². The molecule has 0 unspecified atom stereocenters. The number of rotatable bonds is 24. The fraction of sp³-hybridized carbons (Fsp3) is 0.0750. The summed E-state index contributed by atoms with van der Waals surface area (Å²) in [5.74, 6) is -1.39. The maximum Gasteiger partial charge on any atom is 0.343 e. The average Bonchev–Trinajstić information content (AvgIpc) is 1.52. The Morgan fingerprint density at radius 3 is 1.03 bits per heavy atom. The van der Waals surface area contributed by atoms with Gasteiger partial charge in [-0.15, -0.1) is 0 Å². The number of nitriles is 2. The summed E-state index contributed by atoms with van der Waals surface area (Å²) in [5.41, 5.74) is 7.17. The molecule has 14 aromatic rings. The van der Waals surface area contributed by atoms with Gasteiger partial charge in [0.25, 0.3) is 20.2 Å². The predicted octanol–water partition coefficient (Wildman–Crippen LogP) is 10.6. The van der Waals surface area contributed by atoms with Crippen LogP contribution in [-0.2, 0) is 20.2 Å². The number of esters is 2. The summed E-state index contributed by atoms with van der Waals surface area (Å²) in [6, 6.07) is 84.8. The third-order valence-corrected chi connectivity index (χ3v) is 18.9. The van der Waals surface area contributed by atoms with Crippen LogP contribution in [0.5, 0.6) is 23.0 Å². The summed E-state index contributed by atoms with van der Waals surface area (Å²) >= 11 is 0. The molecule has 14 rings (SSSR count). The molecule has 0 aliphatic heterocycles. The second-order valence-corrected chi connectivity index (χ2v) is 27.3. The van der Waals surface area contributed by atoms with Crippen LogP contribution < -0.4 is 51.5 Å². The van der Waals surface area contributed by atoms with E-state index in [4.69, 9.17) is 37.7 Å². The van der Waals surface area contributed by atoms with E-state index < -0.39 is 57.4 Å². The molecule has 0 aliphatic carbocycles. The zero-order valence-corrected chi connectivity index (χ0v) is 56.7. The number of oxazole rings is 2. The molecule has 0 amide bonds. The summed E-state index contributed by atoms with van der Waals surface area (Å²) in [5, 5.41) is 26.3. The van der Waals surface area contributed by atoms with Crippen molar-refractivity contribution >= 4 is 112 Å². The van der Waals surface area contributed by atoms with Crippen LogP contribution >= 0.6 is 0 Å². The molecule has 10 aromatic carbocycles. The van der Waals surface area contributed by atoms with E-state index in [1.807, 2.05) is 146 Å². The van der Waals surface area contributed by atoms with Gasteiger partial charge in [0.05, 0.1) is 46.5 Å². The standard InChI is InChI=1S/C80H58B2N6O14S2/c83-51-65(77-85-67-27-13-15-29-69(67)101-77)75-72-71(73(87(75)81(57-19-5-1-6-20-57)58-21-7-2-8-22-58)53-31-43-63(44-32-53)99-79(89)55-35-39-61(40-36-55)97-47-17-49-103(91,92)93)76(66(52-84)78-86-68-28-14-16-30-70(68)102-78)88(82(59-23-9-3-10-24-59)60-25-11-4-12-26-60)74(72)54-33-45-64(46-34-54)100-80(90)56-37-41-62(42-38-56)98-48-18-50-104(94,95)96/h1-16,19-46H,17-18,47-50H2,(H,91,92,93)(H,94,95,96)/b75-65-,76-66-. The van der Waals surface area contributed by atoms with Crippen LogP contribution in [0.15, 0.2) is 276 Å². The van der Waals surface area contributed by atoms with Crippen LogP contribution in [0, 0.1) is 22.7 Å². The lowest BCUT2D eigenvalue weighted by Gasteiger charge is -2.24. The number of hydrogen-bond donors (Lipinski definition) is 2. The van der Waals surface area contributed by atoms with Crippen molar-refractivity contribution in [2.75, 3.05) is 24.7 Å². The van der Waals surface area contributed by atoms with Gasteiger partial charge in [0.2, 0.25) is 11.8 Å². The third-order valence-electron chi connectivity index (χ3n) is 17.3. The Hall–Kier alpha value is -12.8. The number of para-hydroxylation sites is 4. The summed E-state index contributed by atoms with van der Waals surface area (Å²) in [6.45, 7) is -1.64. The monoisotopic (exact) mass is 1410 g/mol. The number of fused-ring (bicyclic) bond motifs is 3. The molecular weight excluding hydrogens is 1350 g/mol. The molecule has 104 heavy (non-hydrogen) atoms. The van der Waals surface area contributed by atoms with Crippen molar-refractivity contribution in [2.24, 2.45) is 0 Å². The summed E-state index contributed by atoms with van der Waals surface area (Å²) in [7, 11) is -8.36. The van der Waals surface area contributed by atoms with Crippen molar-refractivity contribution in [1.82, 2.24) is 18.9 Å². The Labute approximate surface area is 596 Å². The van der Waals surface area contributed by atoms with Crippen molar-refractivity contribution in [3.05, 3.63) is 301 Å². The molecule has 0 spiro atoms. The normalized spacial score (nSPS) is 12.1. The Bertz CT molecular complexity index is 5470. The summed E-state index contributed by atoms with van der Waals surface area (Å²) in [4.78, 5) is 38.4. The quantitative estimate of drug-likeness (QED) is 0.0187. The first-order valence-electron chi connectivity index (χ1n) is 32.9. The molecule has 0 fully saturated rings. The van der Waals surface area contributed by atoms with Crippen molar-refractivity contribution in [3.8, 4) is 57.7 Å². The lowest BCUT2D eigenvalue weighted by Crippen LogP contribution is -2.54. The minimum atomic E-state index is -4.18. The number of carbonyl (C=O) groups is 2. The highest BCUT2D eigenvalue weighted by molar-refractivity contribution is 7.86. The van der Waals surface area contributed by atoms with Crippen molar-refractivity contribution in [2.45, 2.75) is 12.8 Å². The molecule has 20 nitrogen and oxygen atoms in total. The van der Waals surface area contributed by atoms with E-state index in [1.165, 1.54) is 24.3 Å². The topological polar surface area (TPSA) is 289 Å². The van der Waals surface area contributed by atoms with Crippen LogP contribution in [0.2, 0.25) is 0 Å². The molecule has 0 bridgehead atoms.